The molecule has 11 heteroatoms. The number of nitrogens with one attached hydrogen (secondary N) is 5. The lowest BCUT2D eigenvalue weighted by molar-refractivity contribution is 0.0912. The number of hydrogen-bond acceptors (Lipinski definition) is 10. The van der Waals surface area contributed by atoms with Gasteiger partial charge in [-0.05, 0) is 73.4 Å². The van der Waals surface area contributed by atoms with E-state index < -0.39 is 0 Å². The monoisotopic (exact) mass is 779 g/mol. The number of ether oxygens (including phenoxy) is 2. The molecule has 3 rings (SSSR count). The Bertz CT molecular complexity index is 1680. The predicted molar refractivity (Wildman–Crippen MR) is 238 cm³/mol. The Morgan fingerprint density at radius 2 is 1.44 bits per heavy atom. The summed E-state index contributed by atoms with van der Waals surface area (Å²) in [5.74, 6) is 1.49. The maximum atomic E-state index is 12.7. The van der Waals surface area contributed by atoms with Gasteiger partial charge >= 0.3 is 0 Å². The third-order valence-electron chi connectivity index (χ3n) is 9.29. The Kier molecular flexibility index (Phi) is 22.8. The van der Waals surface area contributed by atoms with Gasteiger partial charge in [0.15, 0.2) is 0 Å². The maximum absolute atomic E-state index is 12.7. The highest BCUT2D eigenvalue weighted by molar-refractivity contribution is 5.94. The molecule has 3 aromatic rings. The van der Waals surface area contributed by atoms with Crippen LogP contribution < -0.4 is 26.6 Å². The van der Waals surface area contributed by atoms with Crippen molar-refractivity contribution >= 4 is 35.1 Å². The van der Waals surface area contributed by atoms with Gasteiger partial charge in [-0.1, -0.05) is 121 Å². The van der Waals surface area contributed by atoms with Crippen LogP contribution in [0.25, 0.3) is 5.70 Å². The number of allylic oxidation sites excluding steroid dienone is 5. The molecule has 2 aromatic carbocycles. The molecule has 0 bridgehead atoms. The lowest BCUT2D eigenvalue weighted by Gasteiger charge is -2.18. The van der Waals surface area contributed by atoms with Crippen LogP contribution in [0.5, 0.6) is 0 Å². The Labute approximate surface area is 341 Å². The molecular formula is C46H66N8O3. The zero-order valence-corrected chi connectivity index (χ0v) is 34.5. The summed E-state index contributed by atoms with van der Waals surface area (Å²) in [6.45, 7) is 22.8. The molecule has 2 atom stereocenters. The van der Waals surface area contributed by atoms with Gasteiger partial charge in [-0.3, -0.25) is 4.79 Å². The molecule has 1 heterocycles. The number of rotatable bonds is 31. The molecule has 308 valence electrons. The van der Waals surface area contributed by atoms with Crippen molar-refractivity contribution in [2.24, 2.45) is 11.8 Å². The van der Waals surface area contributed by atoms with Gasteiger partial charge in [0.05, 0.1) is 13.2 Å². The molecule has 0 aliphatic carbocycles. The summed E-state index contributed by atoms with van der Waals surface area (Å²) >= 11 is 0. The highest BCUT2D eigenvalue weighted by Gasteiger charge is 2.13. The predicted octanol–water partition coefficient (Wildman–Crippen LogP) is 9.69. The van der Waals surface area contributed by atoms with Crippen LogP contribution in [0.15, 0.2) is 110 Å². The number of unbranched alkanes of at least 4 members (excludes halogenated alkanes) is 5. The molecule has 0 aliphatic rings. The van der Waals surface area contributed by atoms with Crippen LogP contribution in [0.1, 0.15) is 88.1 Å². The van der Waals surface area contributed by atoms with E-state index in [1.165, 1.54) is 19.3 Å². The minimum Gasteiger partial charge on any atom is -0.385 e. The fourth-order valence-corrected chi connectivity index (χ4v) is 5.68. The number of hydrogen-bond donors (Lipinski definition) is 5. The van der Waals surface area contributed by atoms with Gasteiger partial charge in [0.1, 0.15) is 0 Å². The standard InChI is InChI=1S/C46H66N8O3/c1-7-11-13-19-31-56-33-29-48-43(55)39-24-26-42(27-25-39)51-46-53-44(52-45(54-46)50-41(10-4)35-40(21-12-8-2)36(5)9-3)49-30-34-57-32-20-15-18-28-47-37(6)38-22-16-14-17-23-38/h8,10,12,14,16-17,21-27,35-36,40,47H,2,4,6-7,9,11,13,15,18-20,28-34H2,1,3,5H3,(H,48,55)(H3,49,50,51,52,53,54)/b21-12-,41-35+. The second-order valence-corrected chi connectivity index (χ2v) is 13.8. The van der Waals surface area contributed by atoms with Gasteiger partial charge in [-0.15, -0.1) is 0 Å². The molecule has 0 saturated carbocycles. The molecule has 57 heavy (non-hydrogen) atoms. The van der Waals surface area contributed by atoms with Crippen LogP contribution in [0.4, 0.5) is 23.5 Å². The van der Waals surface area contributed by atoms with Crippen molar-refractivity contribution < 1.29 is 14.3 Å². The average Bonchev–Trinajstić information content (AvgIpc) is 3.23. The fourth-order valence-electron chi connectivity index (χ4n) is 5.68. The van der Waals surface area contributed by atoms with E-state index >= 15 is 0 Å². The second kappa shape index (κ2) is 28.2. The molecule has 0 radical (unpaired) electrons. The number of aromatic nitrogens is 3. The van der Waals surface area contributed by atoms with E-state index in [2.05, 4.69) is 106 Å². The third-order valence-corrected chi connectivity index (χ3v) is 9.29. The first kappa shape index (κ1) is 46.1. The molecule has 0 spiro atoms. The SMILES string of the molecule is C=C/C=C\C(/C=C(\C=C)Nc1nc(NCCOCCCCCNC(=C)c2ccccc2)nc(Nc2ccc(C(=O)NCCOCCCCCC)cc2)n1)C(C)CC. The zero-order valence-electron chi connectivity index (χ0n) is 34.5. The lowest BCUT2D eigenvalue weighted by Crippen LogP contribution is -2.27. The van der Waals surface area contributed by atoms with E-state index in [1.807, 2.05) is 36.4 Å². The quantitative estimate of drug-likeness (QED) is 0.0318. The molecule has 11 nitrogen and oxygen atoms in total. The van der Waals surface area contributed by atoms with E-state index in [1.54, 1.807) is 24.3 Å². The Morgan fingerprint density at radius 1 is 0.754 bits per heavy atom. The summed E-state index contributed by atoms with van der Waals surface area (Å²) in [4.78, 5) is 26.7. The smallest absolute Gasteiger partial charge is 0.251 e. The largest absolute Gasteiger partial charge is 0.385 e. The van der Waals surface area contributed by atoms with Crippen LogP contribution in [0, 0.1) is 11.8 Å². The molecule has 0 aliphatic heterocycles. The van der Waals surface area contributed by atoms with E-state index in [4.69, 9.17) is 9.47 Å². The van der Waals surface area contributed by atoms with Crippen molar-refractivity contribution in [2.45, 2.75) is 72.1 Å². The zero-order chi connectivity index (χ0) is 40.9. The van der Waals surface area contributed by atoms with Gasteiger partial charge in [0.25, 0.3) is 5.91 Å². The highest BCUT2D eigenvalue weighted by atomic mass is 16.5. The summed E-state index contributed by atoms with van der Waals surface area (Å²) in [5.41, 5.74) is 4.11. The molecule has 1 aromatic heterocycles. The van der Waals surface area contributed by atoms with E-state index in [0.717, 1.165) is 67.9 Å². The Hall–Kier alpha value is -5.26. The number of benzene rings is 2. The van der Waals surface area contributed by atoms with Gasteiger partial charge in [0, 0.05) is 55.5 Å². The maximum Gasteiger partial charge on any atom is 0.251 e. The fraction of sp³-hybridized carbons (Fsp3) is 0.435. The highest BCUT2D eigenvalue weighted by Crippen LogP contribution is 2.22. The van der Waals surface area contributed by atoms with Gasteiger partial charge in [-0.2, -0.15) is 15.0 Å². The molecule has 0 fully saturated rings. The first-order valence-electron chi connectivity index (χ1n) is 20.6. The van der Waals surface area contributed by atoms with Crippen LogP contribution in [0.3, 0.4) is 0 Å². The molecule has 5 N–H and O–H groups in total. The number of carbonyl (C=O) groups excluding carboxylic acids is 1. The van der Waals surface area contributed by atoms with Crippen molar-refractivity contribution in [3.63, 3.8) is 0 Å². The van der Waals surface area contributed by atoms with E-state index in [-0.39, 0.29) is 11.8 Å². The Morgan fingerprint density at radius 3 is 2.12 bits per heavy atom. The van der Waals surface area contributed by atoms with Crippen LogP contribution >= 0.6 is 0 Å². The normalized spacial score (nSPS) is 12.4. The van der Waals surface area contributed by atoms with Crippen molar-refractivity contribution in [1.82, 2.24) is 25.6 Å². The molecule has 1 amide bonds. The van der Waals surface area contributed by atoms with Crippen LogP contribution in [-0.4, -0.2) is 66.9 Å². The Balaban J connectivity index is 1.57. The number of anilines is 4. The van der Waals surface area contributed by atoms with Gasteiger partial charge in [0.2, 0.25) is 17.8 Å². The van der Waals surface area contributed by atoms with Crippen molar-refractivity contribution in [3.05, 3.63) is 122 Å². The van der Waals surface area contributed by atoms with Gasteiger partial charge in [-0.25, -0.2) is 0 Å². The number of amides is 1. The number of carbonyl (C=O) groups is 1. The average molecular weight is 779 g/mol. The minimum absolute atomic E-state index is 0.152. The second-order valence-electron chi connectivity index (χ2n) is 13.8. The summed E-state index contributed by atoms with van der Waals surface area (Å²) in [6.07, 6.45) is 18.5. The summed E-state index contributed by atoms with van der Waals surface area (Å²) in [5, 5.41) is 16.2. The van der Waals surface area contributed by atoms with Crippen LogP contribution in [0.2, 0.25) is 0 Å². The summed E-state index contributed by atoms with van der Waals surface area (Å²) in [7, 11) is 0. The third kappa shape index (κ3) is 19.0. The van der Waals surface area contributed by atoms with E-state index in [0.29, 0.717) is 62.2 Å². The van der Waals surface area contributed by atoms with Crippen molar-refractivity contribution in [1.29, 1.82) is 0 Å². The topological polar surface area (TPSA) is 134 Å². The molecule has 2 unspecified atom stereocenters. The molecular weight excluding hydrogens is 713 g/mol. The van der Waals surface area contributed by atoms with Gasteiger partial charge < -0.3 is 36.1 Å². The van der Waals surface area contributed by atoms with E-state index in [9.17, 15) is 4.79 Å². The summed E-state index contributed by atoms with van der Waals surface area (Å²) in [6, 6.07) is 17.3. The lowest BCUT2D eigenvalue weighted by atomic mass is 9.90. The van der Waals surface area contributed by atoms with Crippen molar-refractivity contribution in [3.8, 4) is 0 Å². The summed E-state index contributed by atoms with van der Waals surface area (Å²) < 4.78 is 11.6. The number of nitrogens with zero attached hydrogens (tertiary/aromatic N) is 3. The molecule has 0 saturated heterocycles. The minimum atomic E-state index is -0.152. The first-order valence-corrected chi connectivity index (χ1v) is 20.6. The van der Waals surface area contributed by atoms with Crippen molar-refractivity contribution in [2.75, 3.05) is 62.0 Å². The first-order chi connectivity index (χ1) is 27.9. The van der Waals surface area contributed by atoms with Crippen LogP contribution in [-0.2, 0) is 9.47 Å².